The minimum Gasteiger partial charge on any atom is -0.376 e. The summed E-state index contributed by atoms with van der Waals surface area (Å²) in [4.78, 5) is 2.31. The maximum atomic E-state index is 5.96. The van der Waals surface area contributed by atoms with E-state index in [1.807, 2.05) is 0 Å². The number of nitrogens with zero attached hydrogens (tertiary/aromatic N) is 1. The maximum Gasteiger partial charge on any atom is 0.166 e. The lowest BCUT2D eigenvalue weighted by atomic mass is 9.78. The Morgan fingerprint density at radius 1 is 1.20 bits per heavy atom. The highest BCUT2D eigenvalue weighted by molar-refractivity contribution is 7.80. The van der Waals surface area contributed by atoms with Gasteiger partial charge in [0.25, 0.3) is 0 Å². The molecule has 0 bridgehead atoms. The summed E-state index contributed by atoms with van der Waals surface area (Å²) in [5.74, 6) is 1.63. The van der Waals surface area contributed by atoms with E-state index in [0.717, 1.165) is 19.0 Å². The molecule has 1 heterocycles. The molecule has 3 nitrogen and oxygen atoms in total. The highest BCUT2D eigenvalue weighted by Crippen LogP contribution is 2.33. The summed E-state index contributed by atoms with van der Waals surface area (Å²) in [7, 11) is 2.07. The Bertz CT molecular complexity index is 302. The fourth-order valence-electron chi connectivity index (χ4n) is 4.21. The van der Waals surface area contributed by atoms with Crippen LogP contribution in [0.25, 0.3) is 0 Å². The predicted octanol–water partition coefficient (Wildman–Crippen LogP) is 2.89. The lowest BCUT2D eigenvalue weighted by Gasteiger charge is -2.42. The van der Waals surface area contributed by atoms with Crippen molar-refractivity contribution in [2.45, 2.75) is 63.8 Å². The average molecular weight is 298 g/mol. The Balaban J connectivity index is 1.99. The third-order valence-corrected chi connectivity index (χ3v) is 5.44. The summed E-state index contributed by atoms with van der Waals surface area (Å²) in [6, 6.07) is 0.565. The van der Waals surface area contributed by atoms with Gasteiger partial charge in [-0.3, -0.25) is 0 Å². The van der Waals surface area contributed by atoms with E-state index in [0.29, 0.717) is 17.1 Å². The van der Waals surface area contributed by atoms with Crippen LogP contribution >= 0.6 is 12.2 Å². The van der Waals surface area contributed by atoms with Crippen LogP contribution < -0.4 is 11.1 Å². The first-order valence-electron chi connectivity index (χ1n) is 8.43. The second-order valence-electron chi connectivity index (χ2n) is 6.65. The first-order valence-corrected chi connectivity index (χ1v) is 8.84. The summed E-state index contributed by atoms with van der Waals surface area (Å²) >= 11 is 5.28. The second-order valence-corrected chi connectivity index (χ2v) is 7.07. The van der Waals surface area contributed by atoms with E-state index in [1.165, 1.54) is 57.8 Å². The molecule has 0 aromatic rings. The van der Waals surface area contributed by atoms with Gasteiger partial charge < -0.3 is 16.0 Å². The van der Waals surface area contributed by atoms with E-state index in [1.54, 1.807) is 0 Å². The van der Waals surface area contributed by atoms with Crippen molar-refractivity contribution in [3.63, 3.8) is 0 Å². The van der Waals surface area contributed by atoms with Crippen LogP contribution in [0.1, 0.15) is 57.8 Å². The van der Waals surface area contributed by atoms with Gasteiger partial charge in [0.2, 0.25) is 0 Å². The first kappa shape index (κ1) is 16.0. The van der Waals surface area contributed by atoms with Gasteiger partial charge in [0.1, 0.15) is 0 Å². The molecule has 0 aromatic heterocycles. The van der Waals surface area contributed by atoms with E-state index in [2.05, 4.69) is 17.3 Å². The van der Waals surface area contributed by atoms with Crippen molar-refractivity contribution in [1.82, 2.24) is 10.2 Å². The van der Waals surface area contributed by atoms with Gasteiger partial charge in [0.05, 0.1) is 0 Å². The zero-order chi connectivity index (χ0) is 14.4. The van der Waals surface area contributed by atoms with Crippen LogP contribution in [0.3, 0.4) is 0 Å². The van der Waals surface area contributed by atoms with Gasteiger partial charge in [0, 0.05) is 12.6 Å². The molecule has 1 aliphatic carbocycles. The minimum atomic E-state index is 0.565. The Hall–Kier alpha value is -0.350. The number of piperidine rings is 1. The lowest BCUT2D eigenvalue weighted by molar-refractivity contribution is 0.143. The van der Waals surface area contributed by atoms with Crippen LogP contribution in [-0.2, 0) is 0 Å². The Labute approximate surface area is 129 Å². The Morgan fingerprint density at radius 3 is 2.55 bits per heavy atom. The number of nitrogens with two attached hydrogens (primary N) is 1. The maximum absolute atomic E-state index is 5.96. The van der Waals surface area contributed by atoms with E-state index < -0.39 is 0 Å². The molecule has 1 saturated carbocycles. The molecule has 0 amide bonds. The van der Waals surface area contributed by atoms with Crippen LogP contribution in [0, 0.1) is 11.8 Å². The van der Waals surface area contributed by atoms with Gasteiger partial charge in [-0.2, -0.15) is 0 Å². The lowest BCUT2D eigenvalue weighted by Crippen LogP contribution is -2.51. The minimum absolute atomic E-state index is 0.565. The molecule has 116 valence electrons. The monoisotopic (exact) mass is 297 g/mol. The third kappa shape index (κ3) is 4.32. The molecule has 2 fully saturated rings. The average Bonchev–Trinajstić information content (AvgIpc) is 2.48. The third-order valence-electron chi connectivity index (χ3n) is 5.20. The SMILES string of the molecule is CNCC(CC1CCCCC1)C1CCCCN1C(N)=S. The van der Waals surface area contributed by atoms with Gasteiger partial charge in [0.15, 0.2) is 5.11 Å². The molecule has 2 atom stereocenters. The van der Waals surface area contributed by atoms with Gasteiger partial charge in [-0.15, -0.1) is 0 Å². The number of thiocarbonyl (C=S) groups is 1. The molecule has 3 N–H and O–H groups in total. The normalized spacial score (nSPS) is 26.4. The van der Waals surface area contributed by atoms with E-state index >= 15 is 0 Å². The van der Waals surface area contributed by atoms with Crippen LogP contribution in [0.5, 0.6) is 0 Å². The highest BCUT2D eigenvalue weighted by atomic mass is 32.1. The molecular formula is C16H31N3S. The number of hydrogen-bond acceptors (Lipinski definition) is 2. The van der Waals surface area contributed by atoms with Crippen molar-refractivity contribution in [1.29, 1.82) is 0 Å². The number of nitrogens with one attached hydrogen (secondary N) is 1. The van der Waals surface area contributed by atoms with Crippen molar-refractivity contribution in [2.24, 2.45) is 17.6 Å². The Morgan fingerprint density at radius 2 is 1.90 bits per heavy atom. The van der Waals surface area contributed by atoms with E-state index in [9.17, 15) is 0 Å². The van der Waals surface area contributed by atoms with Gasteiger partial charge >= 0.3 is 0 Å². The van der Waals surface area contributed by atoms with Crippen LogP contribution in [0.2, 0.25) is 0 Å². The number of rotatable bonds is 5. The fraction of sp³-hybridized carbons (Fsp3) is 0.938. The number of hydrogen-bond donors (Lipinski definition) is 2. The Kier molecular flexibility index (Phi) is 6.56. The quantitative estimate of drug-likeness (QED) is 0.766. The van der Waals surface area contributed by atoms with Crippen molar-refractivity contribution in [3.8, 4) is 0 Å². The van der Waals surface area contributed by atoms with Crippen molar-refractivity contribution in [3.05, 3.63) is 0 Å². The van der Waals surface area contributed by atoms with Crippen molar-refractivity contribution >= 4 is 17.3 Å². The van der Waals surface area contributed by atoms with Gasteiger partial charge in [-0.05, 0) is 63.3 Å². The summed E-state index contributed by atoms with van der Waals surface area (Å²) in [6.45, 7) is 2.16. The predicted molar refractivity (Wildman–Crippen MR) is 89.7 cm³/mol. The van der Waals surface area contributed by atoms with Gasteiger partial charge in [-0.25, -0.2) is 0 Å². The molecule has 4 heteroatoms. The second kappa shape index (κ2) is 8.18. The van der Waals surface area contributed by atoms with Crippen molar-refractivity contribution in [2.75, 3.05) is 20.1 Å². The highest BCUT2D eigenvalue weighted by Gasteiger charge is 2.32. The molecule has 0 spiro atoms. The van der Waals surface area contributed by atoms with Crippen LogP contribution in [-0.4, -0.2) is 36.2 Å². The summed E-state index contributed by atoms with van der Waals surface area (Å²) in [6.07, 6.45) is 12.3. The van der Waals surface area contributed by atoms with Crippen LogP contribution in [0.4, 0.5) is 0 Å². The molecule has 2 rings (SSSR count). The summed E-state index contributed by atoms with van der Waals surface area (Å²) < 4.78 is 0. The smallest absolute Gasteiger partial charge is 0.166 e. The van der Waals surface area contributed by atoms with E-state index in [4.69, 9.17) is 18.0 Å². The largest absolute Gasteiger partial charge is 0.376 e. The van der Waals surface area contributed by atoms with Crippen molar-refractivity contribution < 1.29 is 0 Å². The molecular weight excluding hydrogens is 266 g/mol. The summed E-state index contributed by atoms with van der Waals surface area (Å²) in [5.41, 5.74) is 5.96. The molecule has 1 saturated heterocycles. The standard InChI is InChI=1S/C16H31N3S/c1-18-12-14(11-13-7-3-2-4-8-13)15-9-5-6-10-19(15)16(17)20/h13-15,18H,2-12H2,1H3,(H2,17,20). The first-order chi connectivity index (χ1) is 9.72. The molecule has 2 unspecified atom stereocenters. The number of likely N-dealkylation sites (tertiary alicyclic amines) is 1. The van der Waals surface area contributed by atoms with E-state index in [-0.39, 0.29) is 0 Å². The molecule has 1 aliphatic heterocycles. The molecule has 0 aromatic carbocycles. The zero-order valence-corrected chi connectivity index (χ0v) is 13.8. The topological polar surface area (TPSA) is 41.3 Å². The molecule has 2 aliphatic rings. The molecule has 20 heavy (non-hydrogen) atoms. The zero-order valence-electron chi connectivity index (χ0n) is 12.9. The summed E-state index contributed by atoms with van der Waals surface area (Å²) in [5, 5.41) is 4.01. The molecule has 0 radical (unpaired) electrons. The van der Waals surface area contributed by atoms with Crippen LogP contribution in [0.15, 0.2) is 0 Å². The van der Waals surface area contributed by atoms with Gasteiger partial charge in [-0.1, -0.05) is 32.1 Å². The fourth-order valence-corrected chi connectivity index (χ4v) is 4.44.